The van der Waals surface area contributed by atoms with Crippen LogP contribution < -0.4 is 11.5 Å². The SMILES string of the molecule is CC(C)[C@@H](C)[C@@]1(C)CC[C@]2(C)[C@H]3CC[C@@H]4[C@@]5(C)COC[C@@]4(C3=CC[C@@]2(C)[C@@H]1C(=O)O)[C@@H](OC[C@](C)(N)C(C)C)[C@H](n1nc(N)nc1-c1ccccc1)C5. The molecule has 9 heteroatoms. The maximum atomic E-state index is 13.6. The number of anilines is 1. The van der Waals surface area contributed by atoms with Gasteiger partial charge >= 0.3 is 5.97 Å². The third kappa shape index (κ3) is 5.51. The first-order chi connectivity index (χ1) is 24.8. The molecule has 0 spiro atoms. The van der Waals surface area contributed by atoms with Crippen LogP contribution in [0.15, 0.2) is 42.0 Å². The predicted octanol–water partition coefficient (Wildman–Crippen LogP) is 8.42. The molecule has 1 aromatic heterocycles. The topological polar surface area (TPSA) is 139 Å². The summed E-state index contributed by atoms with van der Waals surface area (Å²) in [7, 11) is 0. The second-order valence-electron chi connectivity index (χ2n) is 20.1. The van der Waals surface area contributed by atoms with Gasteiger partial charge in [-0.15, -0.1) is 5.10 Å². The molecule has 12 atom stereocenters. The van der Waals surface area contributed by atoms with Crippen molar-refractivity contribution in [2.75, 3.05) is 25.6 Å². The van der Waals surface area contributed by atoms with Gasteiger partial charge < -0.3 is 26.0 Å². The highest BCUT2D eigenvalue weighted by molar-refractivity contribution is 5.73. The molecule has 4 aliphatic carbocycles. The lowest BCUT2D eigenvalue weighted by Gasteiger charge is -2.71. The number of allylic oxidation sites excluding steroid dienone is 1. The van der Waals surface area contributed by atoms with E-state index in [0.717, 1.165) is 49.9 Å². The zero-order chi connectivity index (χ0) is 38.5. The van der Waals surface area contributed by atoms with Gasteiger partial charge in [0.15, 0.2) is 5.82 Å². The van der Waals surface area contributed by atoms with Crippen molar-refractivity contribution in [1.82, 2.24) is 14.8 Å². The van der Waals surface area contributed by atoms with E-state index >= 15 is 0 Å². The van der Waals surface area contributed by atoms with Gasteiger partial charge in [0.05, 0.1) is 37.9 Å². The van der Waals surface area contributed by atoms with Crippen LogP contribution in [0.3, 0.4) is 0 Å². The number of rotatable bonds is 9. The number of hydrogen-bond donors (Lipinski definition) is 3. The Balaban J connectivity index is 1.41. The highest BCUT2D eigenvalue weighted by atomic mass is 16.5. The van der Waals surface area contributed by atoms with Crippen molar-refractivity contribution >= 4 is 11.9 Å². The number of aliphatic carboxylic acids is 1. The molecule has 2 heterocycles. The maximum absolute atomic E-state index is 13.6. The van der Waals surface area contributed by atoms with Gasteiger partial charge in [0.1, 0.15) is 0 Å². The van der Waals surface area contributed by atoms with Crippen molar-refractivity contribution < 1.29 is 19.4 Å². The Morgan fingerprint density at radius 3 is 2.40 bits per heavy atom. The third-order valence-electron chi connectivity index (χ3n) is 16.9. The Morgan fingerprint density at radius 2 is 1.75 bits per heavy atom. The average molecular weight is 730 g/mol. The lowest BCUT2D eigenvalue weighted by atomic mass is 9.34. The van der Waals surface area contributed by atoms with Crippen LogP contribution in [0.2, 0.25) is 0 Å². The first kappa shape index (κ1) is 38.5. The first-order valence-electron chi connectivity index (χ1n) is 20.5. The zero-order valence-electron chi connectivity index (χ0n) is 34.1. The number of ether oxygens (including phenoxy) is 2. The number of fused-ring (bicyclic) bond motifs is 3. The zero-order valence-corrected chi connectivity index (χ0v) is 34.1. The molecule has 3 saturated carbocycles. The Morgan fingerprint density at radius 1 is 1.06 bits per heavy atom. The van der Waals surface area contributed by atoms with Crippen molar-refractivity contribution in [2.45, 2.75) is 125 Å². The summed E-state index contributed by atoms with van der Waals surface area (Å²) in [6.07, 6.45) is 7.73. The molecule has 9 nitrogen and oxygen atoms in total. The van der Waals surface area contributed by atoms with Crippen LogP contribution in [0.5, 0.6) is 0 Å². The first-order valence-corrected chi connectivity index (χ1v) is 20.5. The van der Waals surface area contributed by atoms with Crippen molar-refractivity contribution in [3.8, 4) is 11.4 Å². The summed E-state index contributed by atoms with van der Waals surface area (Å²) >= 11 is 0. The smallest absolute Gasteiger partial charge is 0.307 e. The molecule has 1 saturated heterocycles. The maximum Gasteiger partial charge on any atom is 0.307 e. The number of nitrogens with zero attached hydrogens (tertiary/aromatic N) is 3. The Kier molecular flexibility index (Phi) is 9.38. The predicted molar refractivity (Wildman–Crippen MR) is 210 cm³/mol. The van der Waals surface area contributed by atoms with Crippen LogP contribution in [0.4, 0.5) is 5.95 Å². The number of carboxylic acid groups (broad SMARTS) is 1. The van der Waals surface area contributed by atoms with E-state index < -0.39 is 28.3 Å². The van der Waals surface area contributed by atoms with Crippen LogP contribution in [0.1, 0.15) is 114 Å². The molecule has 2 bridgehead atoms. The molecule has 53 heavy (non-hydrogen) atoms. The lowest BCUT2D eigenvalue weighted by Crippen LogP contribution is -2.70. The van der Waals surface area contributed by atoms with Crippen molar-refractivity contribution in [3.05, 3.63) is 42.0 Å². The summed E-state index contributed by atoms with van der Waals surface area (Å²) in [5.41, 5.74) is 13.8. The van der Waals surface area contributed by atoms with E-state index in [1.165, 1.54) is 5.57 Å². The monoisotopic (exact) mass is 730 g/mol. The molecule has 0 amide bonds. The van der Waals surface area contributed by atoms with Crippen LogP contribution in [0, 0.1) is 62.6 Å². The van der Waals surface area contributed by atoms with E-state index in [4.69, 9.17) is 31.0 Å². The fourth-order valence-corrected chi connectivity index (χ4v) is 12.9. The van der Waals surface area contributed by atoms with Crippen LogP contribution in [-0.4, -0.2) is 57.3 Å². The largest absolute Gasteiger partial charge is 0.481 e. The van der Waals surface area contributed by atoms with Gasteiger partial charge in [-0.3, -0.25) is 4.79 Å². The van der Waals surface area contributed by atoms with Crippen LogP contribution >= 0.6 is 0 Å². The summed E-state index contributed by atoms with van der Waals surface area (Å²) in [4.78, 5) is 18.5. The number of aromatic nitrogens is 3. The fraction of sp³-hybridized carbons (Fsp3) is 0.750. The Hall–Kier alpha value is -2.75. The van der Waals surface area contributed by atoms with Gasteiger partial charge in [0, 0.05) is 16.5 Å². The molecule has 2 aromatic rings. The molecular weight excluding hydrogens is 663 g/mol. The highest BCUT2D eigenvalue weighted by Crippen LogP contribution is 2.75. The molecule has 4 fully saturated rings. The molecule has 7 rings (SSSR count). The standard InChI is InChI=1S/C44H67N5O4/c1-26(2)28(5)40(7)20-21-41(8)30-16-17-33-39(6)22-32(49-36(47-38(45)48-49)29-14-12-11-13-15-29)35(53-24-43(10,46)27(3)4)44(33,25-52-23-39)31(30)18-19-42(41,9)34(40)37(50)51/h11-15,18,26-28,30,32-35H,16-17,19-25,46H2,1-10H3,(H2,45,48)(H,50,51)/t28-,30+,32-,33-,34-,35+,39-,40-,41-,42+,43+,44+/m1/s1. The normalized spacial score (nSPS) is 41.2. The minimum Gasteiger partial charge on any atom is -0.481 e. The van der Waals surface area contributed by atoms with Gasteiger partial charge in [-0.1, -0.05) is 104 Å². The highest BCUT2D eigenvalue weighted by Gasteiger charge is 2.73. The molecule has 1 aliphatic heterocycles. The molecular formula is C44H67N5O4. The number of benzene rings is 1. The molecule has 5 N–H and O–H groups in total. The quantitative estimate of drug-likeness (QED) is 0.219. The van der Waals surface area contributed by atoms with Crippen LogP contribution in [-0.2, 0) is 14.3 Å². The summed E-state index contributed by atoms with van der Waals surface area (Å²) in [6, 6.07) is 10.0. The Bertz CT molecular complexity index is 1740. The van der Waals surface area contributed by atoms with Crippen LogP contribution in [0.25, 0.3) is 11.4 Å². The van der Waals surface area contributed by atoms with E-state index in [0.29, 0.717) is 31.7 Å². The van der Waals surface area contributed by atoms with Crippen molar-refractivity contribution in [2.24, 2.45) is 68.3 Å². The third-order valence-corrected chi connectivity index (χ3v) is 16.9. The number of hydrogen-bond acceptors (Lipinski definition) is 7. The summed E-state index contributed by atoms with van der Waals surface area (Å²) in [6.45, 7) is 24.3. The lowest BCUT2D eigenvalue weighted by molar-refractivity contribution is -0.254. The number of nitrogens with two attached hydrogens (primary N) is 2. The summed E-state index contributed by atoms with van der Waals surface area (Å²) < 4.78 is 16.3. The molecule has 5 aliphatic rings. The van der Waals surface area contributed by atoms with E-state index in [2.05, 4.69) is 92.1 Å². The van der Waals surface area contributed by atoms with Crippen molar-refractivity contribution in [1.29, 1.82) is 0 Å². The minimum absolute atomic E-state index is 0.142. The van der Waals surface area contributed by atoms with Gasteiger partial charge in [0.25, 0.3) is 0 Å². The summed E-state index contributed by atoms with van der Waals surface area (Å²) in [5, 5.41) is 16.1. The van der Waals surface area contributed by atoms with Gasteiger partial charge in [-0.05, 0) is 96.7 Å². The van der Waals surface area contributed by atoms with E-state index in [9.17, 15) is 9.90 Å². The number of carboxylic acids is 1. The average Bonchev–Trinajstić information content (AvgIpc) is 3.49. The molecule has 292 valence electrons. The fourth-order valence-electron chi connectivity index (χ4n) is 12.9. The van der Waals surface area contributed by atoms with Gasteiger partial charge in [0.2, 0.25) is 5.95 Å². The van der Waals surface area contributed by atoms with E-state index in [1.807, 2.05) is 18.2 Å². The van der Waals surface area contributed by atoms with Gasteiger partial charge in [-0.25, -0.2) is 4.68 Å². The number of nitrogen functional groups attached to an aromatic ring is 1. The van der Waals surface area contributed by atoms with E-state index in [-0.39, 0.29) is 52.1 Å². The van der Waals surface area contributed by atoms with E-state index in [1.54, 1.807) is 0 Å². The minimum atomic E-state index is -0.641. The Labute approximate surface area is 318 Å². The molecule has 0 radical (unpaired) electrons. The second kappa shape index (κ2) is 12.9. The summed E-state index contributed by atoms with van der Waals surface area (Å²) in [5.74, 6) is 1.34. The van der Waals surface area contributed by atoms with Crippen molar-refractivity contribution in [3.63, 3.8) is 0 Å². The van der Waals surface area contributed by atoms with Gasteiger partial charge in [-0.2, -0.15) is 4.98 Å². The molecule has 1 aromatic carbocycles. The number of carbonyl (C=O) groups is 1. The second-order valence-corrected chi connectivity index (χ2v) is 20.1. The molecule has 0 unspecified atom stereocenters.